The van der Waals surface area contributed by atoms with Gasteiger partial charge in [0.05, 0.1) is 6.26 Å². The van der Waals surface area contributed by atoms with E-state index in [2.05, 4.69) is 5.32 Å². The molecule has 166 valence electrons. The number of nitrogens with one attached hydrogen (secondary N) is 1. The maximum Gasteiger partial charge on any atom is 0.339 e. The van der Waals surface area contributed by atoms with Crippen molar-refractivity contribution < 1.29 is 13.6 Å². The minimum atomic E-state index is -0.415. The van der Waals surface area contributed by atoms with Gasteiger partial charge in [-0.15, -0.1) is 0 Å². The standard InChI is InChI=1S/C25H23Cl2NO4/c1-13-12-31-23-15(3)24-20(11-19(13)23)14(2)18(25(30)32-24)6-7-22(29)28-9-8-16-4-5-17(26)10-21(16)27/h4-5,10-12H,6-9H2,1-3H3,(H,28,29). The van der Waals surface area contributed by atoms with E-state index in [1.807, 2.05) is 32.9 Å². The molecule has 0 fully saturated rings. The average molecular weight is 472 g/mol. The first-order valence-corrected chi connectivity index (χ1v) is 11.2. The Labute approximate surface area is 195 Å². The van der Waals surface area contributed by atoms with Crippen molar-refractivity contribution in [3.63, 3.8) is 0 Å². The van der Waals surface area contributed by atoms with Gasteiger partial charge in [-0.3, -0.25) is 4.79 Å². The summed E-state index contributed by atoms with van der Waals surface area (Å²) in [5.74, 6) is -0.133. The van der Waals surface area contributed by atoms with Gasteiger partial charge >= 0.3 is 5.63 Å². The van der Waals surface area contributed by atoms with Gasteiger partial charge in [0.2, 0.25) is 5.91 Å². The monoisotopic (exact) mass is 471 g/mol. The third-order valence-corrected chi connectivity index (χ3v) is 6.46. The zero-order chi connectivity index (χ0) is 23.0. The van der Waals surface area contributed by atoms with Gasteiger partial charge in [-0.05, 0) is 68.5 Å². The average Bonchev–Trinajstić information content (AvgIpc) is 3.11. The lowest BCUT2D eigenvalue weighted by Gasteiger charge is -2.10. The first-order valence-electron chi connectivity index (χ1n) is 10.4. The fraction of sp³-hybridized carbons (Fsp3) is 0.280. The van der Waals surface area contributed by atoms with Crippen LogP contribution < -0.4 is 10.9 Å². The minimum Gasteiger partial charge on any atom is -0.464 e. The number of halogens is 2. The molecule has 2 heterocycles. The lowest BCUT2D eigenvalue weighted by molar-refractivity contribution is -0.121. The van der Waals surface area contributed by atoms with E-state index in [0.29, 0.717) is 40.6 Å². The number of furan rings is 1. The predicted octanol–water partition coefficient (Wildman–Crippen LogP) is 6.06. The molecule has 0 spiro atoms. The van der Waals surface area contributed by atoms with Gasteiger partial charge in [0, 0.05) is 44.9 Å². The molecular formula is C25H23Cl2NO4. The number of carbonyl (C=O) groups excluding carboxylic acids is 1. The number of rotatable bonds is 6. The molecule has 2 aromatic carbocycles. The van der Waals surface area contributed by atoms with Gasteiger partial charge in [0.25, 0.3) is 0 Å². The minimum absolute atomic E-state index is 0.133. The molecule has 7 heteroatoms. The summed E-state index contributed by atoms with van der Waals surface area (Å²) < 4.78 is 11.3. The number of hydrogen-bond acceptors (Lipinski definition) is 4. The second-order valence-corrected chi connectivity index (χ2v) is 8.85. The van der Waals surface area contributed by atoms with Crippen molar-refractivity contribution >= 4 is 51.0 Å². The van der Waals surface area contributed by atoms with Crippen LogP contribution in [0.2, 0.25) is 10.0 Å². The van der Waals surface area contributed by atoms with Crippen LogP contribution in [0.5, 0.6) is 0 Å². The van der Waals surface area contributed by atoms with Crippen LogP contribution >= 0.6 is 23.2 Å². The molecule has 0 aliphatic heterocycles. The Bertz CT molecular complexity index is 1400. The van der Waals surface area contributed by atoms with Gasteiger partial charge in [0.1, 0.15) is 11.2 Å². The molecule has 0 saturated carbocycles. The van der Waals surface area contributed by atoms with Crippen molar-refractivity contribution in [1.82, 2.24) is 5.32 Å². The molecule has 4 rings (SSSR count). The molecule has 1 N–H and O–H groups in total. The summed E-state index contributed by atoms with van der Waals surface area (Å²) in [6.07, 6.45) is 2.79. The highest BCUT2D eigenvalue weighted by Gasteiger charge is 2.18. The highest BCUT2D eigenvalue weighted by atomic mass is 35.5. The second-order valence-electron chi connectivity index (χ2n) is 8.00. The first-order chi connectivity index (χ1) is 15.3. The van der Waals surface area contributed by atoms with Crippen LogP contribution in [-0.2, 0) is 17.6 Å². The molecule has 4 aromatic rings. The quantitative estimate of drug-likeness (QED) is 0.346. The molecule has 0 radical (unpaired) electrons. The van der Waals surface area contributed by atoms with Crippen molar-refractivity contribution in [1.29, 1.82) is 0 Å². The molecule has 0 unspecified atom stereocenters. The number of amides is 1. The van der Waals surface area contributed by atoms with E-state index < -0.39 is 5.63 Å². The molecule has 0 aliphatic carbocycles. The van der Waals surface area contributed by atoms with E-state index in [1.165, 1.54) is 0 Å². The Morgan fingerprint density at radius 1 is 1.00 bits per heavy atom. The van der Waals surface area contributed by atoms with Crippen LogP contribution in [0.3, 0.4) is 0 Å². The Morgan fingerprint density at radius 3 is 2.53 bits per heavy atom. The van der Waals surface area contributed by atoms with Crippen LogP contribution in [0, 0.1) is 20.8 Å². The van der Waals surface area contributed by atoms with Gasteiger partial charge < -0.3 is 14.2 Å². The SMILES string of the molecule is Cc1coc2c(C)c3oc(=O)c(CCC(=O)NCCc4ccc(Cl)cc4Cl)c(C)c3cc12. The molecule has 0 atom stereocenters. The highest BCUT2D eigenvalue weighted by molar-refractivity contribution is 6.35. The summed E-state index contributed by atoms with van der Waals surface area (Å²) >= 11 is 12.1. The fourth-order valence-electron chi connectivity index (χ4n) is 4.00. The molecule has 5 nitrogen and oxygen atoms in total. The maximum atomic E-state index is 12.7. The van der Waals surface area contributed by atoms with Gasteiger partial charge in [-0.1, -0.05) is 29.3 Å². The van der Waals surface area contributed by atoms with E-state index in [1.54, 1.807) is 18.4 Å². The highest BCUT2D eigenvalue weighted by Crippen LogP contribution is 2.32. The lowest BCUT2D eigenvalue weighted by Crippen LogP contribution is -2.26. The normalized spacial score (nSPS) is 11.4. The molecule has 2 aromatic heterocycles. The Hall–Kier alpha value is -2.76. The Balaban J connectivity index is 1.48. The maximum absolute atomic E-state index is 12.7. The van der Waals surface area contributed by atoms with E-state index in [4.69, 9.17) is 32.0 Å². The molecule has 0 bridgehead atoms. The molecular weight excluding hydrogens is 449 g/mol. The molecule has 32 heavy (non-hydrogen) atoms. The topological polar surface area (TPSA) is 72.5 Å². The summed E-state index contributed by atoms with van der Waals surface area (Å²) in [6.45, 7) is 6.21. The van der Waals surface area contributed by atoms with Crippen LogP contribution in [0.15, 0.2) is 44.2 Å². The van der Waals surface area contributed by atoms with E-state index >= 15 is 0 Å². The predicted molar refractivity (Wildman–Crippen MR) is 128 cm³/mol. The summed E-state index contributed by atoms with van der Waals surface area (Å²) in [6, 6.07) is 7.30. The number of carbonyl (C=O) groups is 1. The summed E-state index contributed by atoms with van der Waals surface area (Å²) in [5, 5.41) is 5.90. The zero-order valence-corrected chi connectivity index (χ0v) is 19.6. The third kappa shape index (κ3) is 4.27. The largest absolute Gasteiger partial charge is 0.464 e. The van der Waals surface area contributed by atoms with Crippen molar-refractivity contribution in [3.8, 4) is 0 Å². The number of hydrogen-bond donors (Lipinski definition) is 1. The number of aryl methyl sites for hydroxylation is 3. The van der Waals surface area contributed by atoms with Gasteiger partial charge in [-0.25, -0.2) is 4.79 Å². The Kier molecular flexibility index (Phi) is 6.31. The van der Waals surface area contributed by atoms with Crippen LogP contribution in [0.4, 0.5) is 0 Å². The van der Waals surface area contributed by atoms with Crippen molar-refractivity contribution in [2.75, 3.05) is 6.54 Å². The van der Waals surface area contributed by atoms with Crippen LogP contribution in [-0.4, -0.2) is 12.5 Å². The van der Waals surface area contributed by atoms with Crippen molar-refractivity contribution in [2.45, 2.75) is 40.0 Å². The second kappa shape index (κ2) is 9.00. The van der Waals surface area contributed by atoms with E-state index in [-0.39, 0.29) is 12.3 Å². The number of benzene rings is 2. The lowest BCUT2D eigenvalue weighted by atomic mass is 9.98. The molecule has 0 saturated heterocycles. The fourth-order valence-corrected chi connectivity index (χ4v) is 4.50. The van der Waals surface area contributed by atoms with E-state index in [0.717, 1.165) is 38.6 Å². The zero-order valence-electron chi connectivity index (χ0n) is 18.1. The van der Waals surface area contributed by atoms with Crippen LogP contribution in [0.25, 0.3) is 21.9 Å². The van der Waals surface area contributed by atoms with Crippen molar-refractivity contribution in [3.05, 3.63) is 78.8 Å². The summed E-state index contributed by atoms with van der Waals surface area (Å²) in [5.41, 5.74) is 4.94. The Morgan fingerprint density at radius 2 is 1.78 bits per heavy atom. The van der Waals surface area contributed by atoms with E-state index in [9.17, 15) is 9.59 Å². The smallest absolute Gasteiger partial charge is 0.339 e. The van der Waals surface area contributed by atoms with Gasteiger partial charge in [-0.2, -0.15) is 0 Å². The van der Waals surface area contributed by atoms with Gasteiger partial charge in [0.15, 0.2) is 0 Å². The first kappa shape index (κ1) is 22.4. The number of fused-ring (bicyclic) bond motifs is 2. The molecule has 1 amide bonds. The molecule has 0 aliphatic rings. The summed E-state index contributed by atoms with van der Waals surface area (Å²) in [7, 11) is 0. The third-order valence-electron chi connectivity index (χ3n) is 5.87. The van der Waals surface area contributed by atoms with Crippen LogP contribution in [0.1, 0.15) is 34.2 Å². The van der Waals surface area contributed by atoms with Crippen molar-refractivity contribution in [2.24, 2.45) is 0 Å². The summed E-state index contributed by atoms with van der Waals surface area (Å²) in [4.78, 5) is 25.0.